The molecule has 0 aliphatic carbocycles. The van der Waals surface area contributed by atoms with Crippen molar-refractivity contribution in [3.05, 3.63) is 28.2 Å². The van der Waals surface area contributed by atoms with Gasteiger partial charge in [0, 0.05) is 23.5 Å². The Morgan fingerprint density at radius 2 is 2.15 bits per heavy atom. The van der Waals surface area contributed by atoms with Crippen molar-refractivity contribution in [2.24, 2.45) is 0 Å². The molecule has 20 heavy (non-hydrogen) atoms. The van der Waals surface area contributed by atoms with Crippen molar-refractivity contribution >= 4 is 37.8 Å². The predicted molar refractivity (Wildman–Crippen MR) is 72.8 cm³/mol. The monoisotopic (exact) mass is 362 g/mol. The van der Waals surface area contributed by atoms with E-state index in [-0.39, 0.29) is 33.8 Å². The fraction of sp³-hybridized carbons (Fsp3) is 0.273. The van der Waals surface area contributed by atoms with Gasteiger partial charge >= 0.3 is 5.97 Å². The lowest BCUT2D eigenvalue weighted by Crippen LogP contribution is -2.36. The standard InChI is InChI=1S/C11H11BrN2O5S/c12-8-2-1-6(11(16)17)3-9(8)20(18,19)14-7-4-10(15)13-5-7/h1-3,7,14H,4-5H2,(H,13,15)(H,16,17). The van der Waals surface area contributed by atoms with Gasteiger partial charge in [-0.1, -0.05) is 0 Å². The minimum absolute atomic E-state index is 0.0650. The number of amides is 1. The molecule has 0 radical (unpaired) electrons. The molecule has 2 rings (SSSR count). The molecule has 1 unspecified atom stereocenters. The normalized spacial score (nSPS) is 18.9. The highest BCUT2D eigenvalue weighted by Crippen LogP contribution is 2.24. The lowest BCUT2D eigenvalue weighted by atomic mass is 10.2. The summed E-state index contributed by atoms with van der Waals surface area (Å²) in [4.78, 5) is 21.8. The second kappa shape index (κ2) is 5.51. The van der Waals surface area contributed by atoms with E-state index in [0.29, 0.717) is 0 Å². The van der Waals surface area contributed by atoms with Crippen LogP contribution in [0.5, 0.6) is 0 Å². The predicted octanol–water partition coefficient (Wildman–Crippen LogP) is 0.314. The highest BCUT2D eigenvalue weighted by Gasteiger charge is 2.28. The molecule has 0 saturated carbocycles. The average Bonchev–Trinajstić information content (AvgIpc) is 2.73. The molecule has 7 nitrogen and oxygen atoms in total. The first-order valence-electron chi connectivity index (χ1n) is 5.61. The summed E-state index contributed by atoms with van der Waals surface area (Å²) in [5.74, 6) is -1.44. The molecule has 3 N–H and O–H groups in total. The van der Waals surface area contributed by atoms with Crippen LogP contribution < -0.4 is 10.0 Å². The summed E-state index contributed by atoms with van der Waals surface area (Å²) < 4.78 is 27.1. The van der Waals surface area contributed by atoms with Gasteiger partial charge in [-0.05, 0) is 34.1 Å². The van der Waals surface area contributed by atoms with E-state index in [1.807, 2.05) is 0 Å². The Morgan fingerprint density at radius 3 is 2.70 bits per heavy atom. The number of carboxylic acid groups (broad SMARTS) is 1. The molecular weight excluding hydrogens is 352 g/mol. The van der Waals surface area contributed by atoms with E-state index in [1.54, 1.807) is 0 Å². The van der Waals surface area contributed by atoms with E-state index in [0.717, 1.165) is 6.07 Å². The van der Waals surface area contributed by atoms with Crippen LogP contribution in [0.1, 0.15) is 16.8 Å². The molecule has 108 valence electrons. The van der Waals surface area contributed by atoms with E-state index in [1.165, 1.54) is 12.1 Å². The summed E-state index contributed by atoms with van der Waals surface area (Å²) in [5, 5.41) is 11.4. The third kappa shape index (κ3) is 3.17. The smallest absolute Gasteiger partial charge is 0.335 e. The highest BCUT2D eigenvalue weighted by atomic mass is 79.9. The van der Waals surface area contributed by atoms with Gasteiger partial charge in [0.25, 0.3) is 0 Å². The number of hydrogen-bond donors (Lipinski definition) is 3. The lowest BCUT2D eigenvalue weighted by Gasteiger charge is -2.12. The summed E-state index contributed by atoms with van der Waals surface area (Å²) in [6.07, 6.45) is 0.0650. The average molecular weight is 363 g/mol. The quantitative estimate of drug-likeness (QED) is 0.713. The maximum Gasteiger partial charge on any atom is 0.335 e. The van der Waals surface area contributed by atoms with Gasteiger partial charge in [0.15, 0.2) is 0 Å². The first-order valence-corrected chi connectivity index (χ1v) is 7.89. The Hall–Kier alpha value is -1.45. The fourth-order valence-electron chi connectivity index (χ4n) is 1.81. The van der Waals surface area contributed by atoms with Gasteiger partial charge in [0.05, 0.1) is 10.5 Å². The van der Waals surface area contributed by atoms with Crippen molar-refractivity contribution < 1.29 is 23.1 Å². The summed E-state index contributed by atoms with van der Waals surface area (Å²) in [6.45, 7) is 0.217. The first kappa shape index (κ1) is 14.9. The van der Waals surface area contributed by atoms with Gasteiger partial charge in [-0.25, -0.2) is 17.9 Å². The number of carbonyl (C=O) groups excluding carboxylic acids is 1. The minimum Gasteiger partial charge on any atom is -0.478 e. The van der Waals surface area contributed by atoms with Crippen molar-refractivity contribution in [3.8, 4) is 0 Å². The molecule has 0 aromatic heterocycles. The molecule has 1 aliphatic rings. The van der Waals surface area contributed by atoms with Crippen molar-refractivity contribution in [2.75, 3.05) is 6.54 Å². The summed E-state index contributed by atoms with van der Waals surface area (Å²) in [6, 6.07) is 3.19. The Balaban J connectivity index is 2.31. The number of sulfonamides is 1. The number of carboxylic acids is 1. The molecule has 1 aliphatic heterocycles. The van der Waals surface area contributed by atoms with Crippen LogP contribution in [-0.4, -0.2) is 38.0 Å². The molecule has 9 heteroatoms. The van der Waals surface area contributed by atoms with Crippen LogP contribution in [0.4, 0.5) is 0 Å². The van der Waals surface area contributed by atoms with Crippen LogP contribution >= 0.6 is 15.9 Å². The van der Waals surface area contributed by atoms with Gasteiger partial charge < -0.3 is 10.4 Å². The molecule has 0 spiro atoms. The third-order valence-electron chi connectivity index (χ3n) is 2.77. The van der Waals surface area contributed by atoms with Crippen LogP contribution in [0.2, 0.25) is 0 Å². The Labute approximate surface area is 123 Å². The number of carbonyl (C=O) groups is 2. The molecular formula is C11H11BrN2O5S. The number of halogens is 1. The molecule has 1 saturated heterocycles. The molecule has 0 bridgehead atoms. The zero-order valence-corrected chi connectivity index (χ0v) is 12.5. The van der Waals surface area contributed by atoms with Crippen LogP contribution in [0.25, 0.3) is 0 Å². The zero-order valence-electron chi connectivity index (χ0n) is 10.1. The summed E-state index contributed by atoms with van der Waals surface area (Å²) in [5.41, 5.74) is -0.130. The number of nitrogens with one attached hydrogen (secondary N) is 2. The highest BCUT2D eigenvalue weighted by molar-refractivity contribution is 9.10. The van der Waals surface area contributed by atoms with Gasteiger partial charge in [0.1, 0.15) is 0 Å². The van der Waals surface area contributed by atoms with E-state index in [9.17, 15) is 18.0 Å². The largest absolute Gasteiger partial charge is 0.478 e. The van der Waals surface area contributed by atoms with Crippen molar-refractivity contribution in [2.45, 2.75) is 17.4 Å². The molecule has 1 atom stereocenters. The van der Waals surface area contributed by atoms with Crippen LogP contribution in [0.3, 0.4) is 0 Å². The molecule has 1 heterocycles. The summed E-state index contributed by atoms with van der Waals surface area (Å²) in [7, 11) is -3.91. The maximum atomic E-state index is 12.2. The van der Waals surface area contributed by atoms with Crippen molar-refractivity contribution in [3.63, 3.8) is 0 Å². The second-order valence-corrected chi connectivity index (χ2v) is 6.81. The zero-order chi connectivity index (χ0) is 14.9. The fourth-order valence-corrected chi connectivity index (χ4v) is 4.04. The minimum atomic E-state index is -3.91. The maximum absolute atomic E-state index is 12.2. The number of benzene rings is 1. The topological polar surface area (TPSA) is 113 Å². The van der Waals surface area contributed by atoms with E-state index < -0.39 is 22.0 Å². The number of rotatable bonds is 4. The number of aromatic carboxylic acids is 1. The Morgan fingerprint density at radius 1 is 1.45 bits per heavy atom. The van der Waals surface area contributed by atoms with Gasteiger partial charge in [0.2, 0.25) is 15.9 Å². The molecule has 1 aromatic rings. The Bertz CT molecular complexity index is 673. The molecule has 1 amide bonds. The SMILES string of the molecule is O=C1CC(NS(=O)(=O)c2cc(C(=O)O)ccc2Br)CN1. The van der Waals surface area contributed by atoms with Crippen LogP contribution in [-0.2, 0) is 14.8 Å². The first-order chi connectivity index (χ1) is 9.29. The molecule has 1 fully saturated rings. The van der Waals surface area contributed by atoms with Crippen molar-refractivity contribution in [1.29, 1.82) is 0 Å². The number of hydrogen-bond acceptors (Lipinski definition) is 4. The summed E-state index contributed by atoms with van der Waals surface area (Å²) >= 11 is 3.08. The van der Waals surface area contributed by atoms with Gasteiger partial charge in [-0.3, -0.25) is 4.79 Å². The van der Waals surface area contributed by atoms with E-state index >= 15 is 0 Å². The van der Waals surface area contributed by atoms with E-state index in [2.05, 4.69) is 26.0 Å². The lowest BCUT2D eigenvalue weighted by molar-refractivity contribution is -0.119. The third-order valence-corrected chi connectivity index (χ3v) is 5.28. The molecule has 1 aromatic carbocycles. The van der Waals surface area contributed by atoms with Crippen LogP contribution in [0, 0.1) is 0 Å². The van der Waals surface area contributed by atoms with Crippen molar-refractivity contribution in [1.82, 2.24) is 10.0 Å². The van der Waals surface area contributed by atoms with Crippen LogP contribution in [0.15, 0.2) is 27.6 Å². The van der Waals surface area contributed by atoms with E-state index in [4.69, 9.17) is 5.11 Å². The second-order valence-electron chi connectivity index (χ2n) is 4.28. The Kier molecular flexibility index (Phi) is 4.11. The van der Waals surface area contributed by atoms with Gasteiger partial charge in [-0.15, -0.1) is 0 Å². The van der Waals surface area contributed by atoms with Gasteiger partial charge in [-0.2, -0.15) is 0 Å².